The molecule has 2 aliphatic rings. The Morgan fingerprint density at radius 3 is 2.33 bits per heavy atom. The number of piperidine rings is 1. The van der Waals surface area contributed by atoms with Crippen LogP contribution in [-0.4, -0.2) is 65.8 Å². The van der Waals surface area contributed by atoms with Gasteiger partial charge in [-0.15, -0.1) is 0 Å². The molecule has 1 N–H and O–H groups in total. The number of halogens is 4. The van der Waals surface area contributed by atoms with Crippen LogP contribution in [0.3, 0.4) is 0 Å². The Balaban J connectivity index is 1.68. The van der Waals surface area contributed by atoms with Crippen LogP contribution in [0.1, 0.15) is 65.0 Å². The van der Waals surface area contributed by atoms with Gasteiger partial charge in [0.05, 0.1) is 17.3 Å². The van der Waals surface area contributed by atoms with Gasteiger partial charge in [0.25, 0.3) is 0 Å². The van der Waals surface area contributed by atoms with E-state index in [4.69, 9.17) is 4.74 Å². The maximum atomic E-state index is 15.0. The van der Waals surface area contributed by atoms with Crippen molar-refractivity contribution in [3.63, 3.8) is 0 Å². The van der Waals surface area contributed by atoms with Crippen LogP contribution >= 0.6 is 11.3 Å². The monoisotopic (exact) mass is 607 g/mol. The summed E-state index contributed by atoms with van der Waals surface area (Å²) in [6.07, 6.45) is -0.0443. The number of sulfonamides is 1. The normalized spacial score (nSPS) is 18.2. The number of nitrogens with zero attached hydrogens (tertiary/aromatic N) is 4. The van der Waals surface area contributed by atoms with Crippen molar-refractivity contribution >= 4 is 38.4 Å². The number of aromatic nitrogens is 2. The Kier molecular flexibility index (Phi) is 8.67. The molecular weight excluding hydrogens is 574 g/mol. The molecule has 0 bridgehead atoms. The molecule has 15 heteroatoms. The fourth-order valence-corrected chi connectivity index (χ4v) is 6.92. The minimum atomic E-state index is -4.92. The summed E-state index contributed by atoms with van der Waals surface area (Å²) in [5.41, 5.74) is -2.52. The molecule has 1 saturated carbocycles. The molecule has 2 fully saturated rings. The smallest absolute Gasteiger partial charge is 0.434 e. The highest BCUT2D eigenvalue weighted by molar-refractivity contribution is 7.88. The average molecular weight is 608 g/mol. The van der Waals surface area contributed by atoms with E-state index in [-0.39, 0.29) is 41.7 Å². The average Bonchev–Trinajstić information content (AvgIpc) is 3.50. The number of carbonyl (C=O) groups is 1. The summed E-state index contributed by atoms with van der Waals surface area (Å²) in [6, 6.07) is 0.609. The van der Waals surface area contributed by atoms with Gasteiger partial charge in [0.15, 0.2) is 10.8 Å². The second-order valence-electron chi connectivity index (χ2n) is 11.1. The Labute approximate surface area is 235 Å². The minimum Gasteiger partial charge on any atom is -0.443 e. The molecule has 4 rings (SSSR count). The van der Waals surface area contributed by atoms with Crippen molar-refractivity contribution in [1.82, 2.24) is 14.3 Å². The van der Waals surface area contributed by atoms with Crippen LogP contribution < -0.4 is 10.2 Å². The van der Waals surface area contributed by atoms with Gasteiger partial charge in [-0.3, -0.25) is 0 Å². The fourth-order valence-electron chi connectivity index (χ4n) is 4.88. The summed E-state index contributed by atoms with van der Waals surface area (Å²) in [5, 5.41) is 2.88. The first-order chi connectivity index (χ1) is 18.5. The largest absolute Gasteiger partial charge is 0.443 e. The Morgan fingerprint density at radius 2 is 1.77 bits per heavy atom. The van der Waals surface area contributed by atoms with Gasteiger partial charge in [-0.2, -0.15) is 13.2 Å². The Hall–Kier alpha value is -2.52. The van der Waals surface area contributed by atoms with Crippen LogP contribution in [0.4, 0.5) is 33.3 Å². The van der Waals surface area contributed by atoms with Crippen molar-refractivity contribution in [2.75, 3.05) is 29.6 Å². The number of carbonyl (C=O) groups excluding carboxylic acids is 1. The number of thiazole rings is 1. The lowest BCUT2D eigenvalue weighted by Gasteiger charge is -2.31. The van der Waals surface area contributed by atoms with Crippen LogP contribution in [0, 0.1) is 5.82 Å². The summed E-state index contributed by atoms with van der Waals surface area (Å²) in [7, 11) is -3.33. The minimum absolute atomic E-state index is 0.150. The number of ether oxygens (including phenoxy) is 1. The molecule has 1 amide bonds. The van der Waals surface area contributed by atoms with Gasteiger partial charge in [-0.25, -0.2) is 36.8 Å². The third-order valence-corrected chi connectivity index (χ3v) is 9.14. The van der Waals surface area contributed by atoms with Crippen molar-refractivity contribution in [3.8, 4) is 10.4 Å². The second kappa shape index (κ2) is 11.4. The zero-order chi connectivity index (χ0) is 29.5. The topological polar surface area (TPSA) is 105 Å². The summed E-state index contributed by atoms with van der Waals surface area (Å²) < 4.78 is 88.0. The highest BCUT2D eigenvalue weighted by Crippen LogP contribution is 2.45. The molecule has 2 aromatic heterocycles. The van der Waals surface area contributed by atoms with Crippen molar-refractivity contribution in [1.29, 1.82) is 0 Å². The van der Waals surface area contributed by atoms with Crippen molar-refractivity contribution < 1.29 is 35.5 Å². The van der Waals surface area contributed by atoms with Crippen molar-refractivity contribution in [2.24, 2.45) is 0 Å². The van der Waals surface area contributed by atoms with Crippen LogP contribution in [-0.2, 0) is 20.9 Å². The van der Waals surface area contributed by atoms with Crippen LogP contribution in [0.15, 0.2) is 12.3 Å². The molecule has 0 unspecified atom stereocenters. The summed E-state index contributed by atoms with van der Waals surface area (Å²) in [6.45, 7) is 5.55. The van der Waals surface area contributed by atoms with E-state index in [1.165, 1.54) is 15.3 Å². The molecule has 1 saturated heterocycles. The van der Waals surface area contributed by atoms with Crippen molar-refractivity contribution in [3.05, 3.63) is 23.8 Å². The van der Waals surface area contributed by atoms with Gasteiger partial charge in [-0.1, -0.05) is 24.2 Å². The summed E-state index contributed by atoms with van der Waals surface area (Å²) in [5.74, 6) is -0.820. The van der Waals surface area contributed by atoms with Crippen LogP contribution in [0.5, 0.6) is 0 Å². The number of hydrogen-bond acceptors (Lipinski definition) is 8. The highest BCUT2D eigenvalue weighted by Gasteiger charge is 2.42. The van der Waals surface area contributed by atoms with E-state index < -0.39 is 44.3 Å². The van der Waals surface area contributed by atoms with E-state index in [2.05, 4.69) is 15.3 Å². The predicted octanol–water partition coefficient (Wildman–Crippen LogP) is 5.88. The summed E-state index contributed by atoms with van der Waals surface area (Å²) >= 11 is 0.586. The fraction of sp³-hybridized carbons (Fsp3) is 0.640. The molecule has 0 atom stereocenters. The molecular formula is C25H33F4N5O4S2. The maximum absolute atomic E-state index is 15.0. The molecule has 0 spiro atoms. The second-order valence-corrected chi connectivity index (χ2v) is 14.1. The van der Waals surface area contributed by atoms with Crippen LogP contribution in [0.2, 0.25) is 0 Å². The van der Waals surface area contributed by atoms with E-state index in [0.717, 1.165) is 25.3 Å². The van der Waals surface area contributed by atoms with Gasteiger partial charge in [0.1, 0.15) is 17.2 Å². The third-order valence-electron chi connectivity index (χ3n) is 6.75. The molecule has 3 heterocycles. The molecule has 0 aromatic carbocycles. The molecule has 222 valence electrons. The van der Waals surface area contributed by atoms with E-state index in [0.29, 0.717) is 37.0 Å². The lowest BCUT2D eigenvalue weighted by atomic mass is 10.1. The molecule has 1 aliphatic heterocycles. The van der Waals surface area contributed by atoms with E-state index in [1.807, 2.05) is 0 Å². The first-order valence-corrected chi connectivity index (χ1v) is 15.7. The number of pyridine rings is 1. The maximum Gasteiger partial charge on any atom is 0.434 e. The first-order valence-electron chi connectivity index (χ1n) is 13.0. The van der Waals surface area contributed by atoms with Gasteiger partial charge in [0.2, 0.25) is 10.0 Å². The number of anilines is 2. The Bertz CT molecular complexity index is 1330. The Morgan fingerprint density at radius 1 is 1.15 bits per heavy atom. The lowest BCUT2D eigenvalue weighted by molar-refractivity contribution is -0.140. The predicted molar refractivity (Wildman–Crippen MR) is 144 cm³/mol. The van der Waals surface area contributed by atoms with E-state index in [1.54, 1.807) is 20.8 Å². The molecule has 1 aliphatic carbocycles. The lowest BCUT2D eigenvalue weighted by Crippen LogP contribution is -2.42. The standard InChI is InChI=1S/C25H33F4N5O4S2/c1-24(2,3)38-23(35)34(16-7-5-6-8-16)22-32-21(25(27,28)29)20(39-22)17-13-19(30-14-18(17)26)31-15-9-11-33(12-10-15)40(4,36)37/h13-16H,5-12H2,1-4H3,(H,30,31). The number of rotatable bonds is 6. The number of hydrogen-bond donors (Lipinski definition) is 1. The molecule has 40 heavy (non-hydrogen) atoms. The van der Waals surface area contributed by atoms with E-state index in [9.17, 15) is 26.4 Å². The van der Waals surface area contributed by atoms with Gasteiger partial charge in [-0.05, 0) is 52.5 Å². The van der Waals surface area contributed by atoms with E-state index >= 15 is 4.39 Å². The number of amides is 1. The quantitative estimate of drug-likeness (QED) is 0.409. The number of alkyl halides is 3. The van der Waals surface area contributed by atoms with Crippen molar-refractivity contribution in [2.45, 2.75) is 83.2 Å². The van der Waals surface area contributed by atoms with Gasteiger partial charge in [0, 0.05) is 30.7 Å². The molecule has 2 aromatic rings. The zero-order valence-electron chi connectivity index (χ0n) is 22.7. The zero-order valence-corrected chi connectivity index (χ0v) is 24.3. The first kappa shape index (κ1) is 30.4. The van der Waals surface area contributed by atoms with Gasteiger partial charge >= 0.3 is 12.3 Å². The third kappa shape index (κ3) is 7.21. The molecule has 9 nitrogen and oxygen atoms in total. The summed E-state index contributed by atoms with van der Waals surface area (Å²) in [4.78, 5) is 21.7. The van der Waals surface area contributed by atoms with Crippen LogP contribution in [0.25, 0.3) is 10.4 Å². The number of nitrogens with one attached hydrogen (secondary N) is 1. The SMILES string of the molecule is CC(C)(C)OC(=O)N(c1nc(C(F)(F)F)c(-c2cc(NC3CCN(S(C)(=O)=O)CC3)ncc2F)s1)C1CCCC1. The van der Waals surface area contributed by atoms with Gasteiger partial charge < -0.3 is 10.1 Å². The highest BCUT2D eigenvalue weighted by atomic mass is 32.2. The molecule has 0 radical (unpaired) electrons.